The van der Waals surface area contributed by atoms with Crippen LogP contribution in [0.15, 0.2) is 48.6 Å². The molecule has 0 unspecified atom stereocenters. The van der Waals surface area contributed by atoms with Crippen molar-refractivity contribution in [3.63, 3.8) is 0 Å². The lowest BCUT2D eigenvalue weighted by atomic mass is 10.0. The van der Waals surface area contributed by atoms with Crippen LogP contribution in [0.5, 0.6) is 5.75 Å². The average Bonchev–Trinajstić information content (AvgIpc) is 2.84. The summed E-state index contributed by atoms with van der Waals surface area (Å²) in [7, 11) is 1.24. The Labute approximate surface area is 203 Å². The molecule has 0 bridgehead atoms. The van der Waals surface area contributed by atoms with Gasteiger partial charge in [0.1, 0.15) is 17.6 Å². The molecule has 0 aliphatic rings. The Balaban J connectivity index is 2.12. The molecular weight excluding hydrogens is 419 g/mol. The molecule has 7 heteroatoms. The second-order valence-corrected chi connectivity index (χ2v) is 7.29. The van der Waals surface area contributed by atoms with E-state index in [1.165, 1.54) is 44.4 Å². The van der Waals surface area contributed by atoms with Gasteiger partial charge in [0.2, 0.25) is 0 Å². The summed E-state index contributed by atoms with van der Waals surface area (Å²) >= 11 is 0. The Hall–Kier alpha value is -3.76. The molecule has 0 saturated carbocycles. The van der Waals surface area contributed by atoms with Crippen LogP contribution < -0.4 is 10.1 Å². The van der Waals surface area contributed by atoms with Gasteiger partial charge in [0.15, 0.2) is 5.78 Å². The van der Waals surface area contributed by atoms with Crippen LogP contribution in [-0.4, -0.2) is 42.8 Å². The van der Waals surface area contributed by atoms with Crippen molar-refractivity contribution in [1.82, 2.24) is 9.88 Å². The van der Waals surface area contributed by atoms with Crippen molar-refractivity contribution in [3.05, 3.63) is 71.1 Å². The summed E-state index contributed by atoms with van der Waals surface area (Å²) in [5.74, 6) is -1.26. The number of rotatable bonds is 9. The zero-order valence-electron chi connectivity index (χ0n) is 25.4. The van der Waals surface area contributed by atoms with E-state index in [1.807, 2.05) is 6.07 Å². The predicted molar refractivity (Wildman–Crippen MR) is 128 cm³/mol. The molecule has 3 rings (SSSR count). The standard InChI is InChI=1S/C26H27FN4O2/c1-5-33-25-14-24-22(13-18(25)12-21(32)7-6-10-31(3)4)26(19(15-28)16-29-24)30-20-8-9-23(27)17(2)11-20/h6-9,11,13-14,16H,5,10,12H2,1-4H3,(H,29,30)/b7-6+/i3D3,5D2,6D,7D. The first-order valence-electron chi connectivity index (χ1n) is 13.5. The van der Waals surface area contributed by atoms with Crippen molar-refractivity contribution >= 4 is 28.1 Å². The van der Waals surface area contributed by atoms with Crippen LogP contribution in [-0.2, 0) is 11.2 Å². The maximum Gasteiger partial charge on any atom is 0.159 e. The molecule has 33 heavy (non-hydrogen) atoms. The van der Waals surface area contributed by atoms with Crippen LogP contribution in [0.1, 0.15) is 33.2 Å². The number of carbonyl (C=O) groups excluding carboxylic acids is 1. The van der Waals surface area contributed by atoms with E-state index in [9.17, 15) is 14.4 Å². The molecule has 1 aromatic heterocycles. The van der Waals surface area contributed by atoms with Crippen LogP contribution in [0.25, 0.3) is 10.9 Å². The topological polar surface area (TPSA) is 78.3 Å². The van der Waals surface area contributed by atoms with E-state index in [4.69, 9.17) is 14.3 Å². The number of pyridine rings is 1. The van der Waals surface area contributed by atoms with Crippen LogP contribution in [0.3, 0.4) is 0 Å². The molecular formula is C26H27FN4O2. The number of carbonyl (C=O) groups is 1. The minimum atomic E-state index is -2.51. The SMILES string of the molecule is [2H]/C(CN(C)C([2H])([2H])[2H])=C(/[2H])C(=O)Cc1cc2c(Nc3ccc(F)c(C)c3)c(C#N)cnc2cc1OC([2H])([2H])C. The number of ketones is 1. The minimum absolute atomic E-state index is 0.0342. The molecule has 0 atom stereocenters. The molecule has 0 spiro atoms. The highest BCUT2D eigenvalue weighted by Gasteiger charge is 2.16. The second-order valence-electron chi connectivity index (χ2n) is 7.29. The molecule has 3 aromatic rings. The summed E-state index contributed by atoms with van der Waals surface area (Å²) in [6.07, 6.45) is 0.834. The van der Waals surface area contributed by atoms with Gasteiger partial charge in [0, 0.05) is 46.0 Å². The summed E-state index contributed by atoms with van der Waals surface area (Å²) in [4.78, 5) is 18.1. The van der Waals surface area contributed by atoms with Crippen molar-refractivity contribution in [2.24, 2.45) is 0 Å². The lowest BCUT2D eigenvalue weighted by Gasteiger charge is -2.15. The number of nitrogens with one attached hydrogen (secondary N) is 1. The number of hydrogen-bond donors (Lipinski definition) is 1. The van der Waals surface area contributed by atoms with Gasteiger partial charge in [-0.15, -0.1) is 0 Å². The van der Waals surface area contributed by atoms with E-state index in [1.54, 1.807) is 13.0 Å². The Morgan fingerprint density at radius 1 is 1.45 bits per heavy atom. The molecule has 0 aliphatic heterocycles. The third-order valence-electron chi connectivity index (χ3n) is 4.71. The zero-order chi connectivity index (χ0) is 30.0. The van der Waals surface area contributed by atoms with Crippen LogP contribution in [0.4, 0.5) is 15.8 Å². The number of aromatic nitrogens is 1. The molecule has 170 valence electrons. The number of fused-ring (bicyclic) bond motifs is 1. The summed E-state index contributed by atoms with van der Waals surface area (Å²) in [6, 6.07) is 8.04. The molecule has 0 fully saturated rings. The molecule has 0 aliphatic carbocycles. The molecule has 2 aromatic carbocycles. The monoisotopic (exact) mass is 453 g/mol. The Kier molecular flexibility index (Phi) is 5.17. The van der Waals surface area contributed by atoms with Crippen molar-refractivity contribution in [2.75, 3.05) is 32.4 Å². The average molecular weight is 454 g/mol. The van der Waals surface area contributed by atoms with Gasteiger partial charge in [-0.25, -0.2) is 4.39 Å². The molecule has 0 amide bonds. The lowest BCUT2D eigenvalue weighted by Crippen LogP contribution is -2.11. The first kappa shape index (κ1) is 15.9. The van der Waals surface area contributed by atoms with Gasteiger partial charge in [-0.05, 0) is 63.8 Å². The summed E-state index contributed by atoms with van der Waals surface area (Å²) < 4.78 is 73.4. The number of likely N-dealkylation sites (N-methyl/N-ethyl adjacent to an activating group) is 1. The fraction of sp³-hybridized carbons (Fsp3) is 0.269. The van der Waals surface area contributed by atoms with Crippen molar-refractivity contribution in [2.45, 2.75) is 20.3 Å². The van der Waals surface area contributed by atoms with E-state index in [0.717, 1.165) is 4.90 Å². The number of anilines is 2. The molecule has 0 saturated heterocycles. The highest BCUT2D eigenvalue weighted by atomic mass is 19.1. The van der Waals surface area contributed by atoms with Gasteiger partial charge < -0.3 is 15.0 Å². The Morgan fingerprint density at radius 2 is 2.27 bits per heavy atom. The van der Waals surface area contributed by atoms with Gasteiger partial charge in [-0.2, -0.15) is 5.26 Å². The zero-order valence-corrected chi connectivity index (χ0v) is 18.4. The lowest BCUT2D eigenvalue weighted by molar-refractivity contribution is -0.114. The van der Waals surface area contributed by atoms with Crippen molar-refractivity contribution in [3.8, 4) is 11.8 Å². The number of allylic oxidation sites excluding steroid dienone is 1. The number of benzene rings is 2. The van der Waals surface area contributed by atoms with E-state index < -0.39 is 50.2 Å². The van der Waals surface area contributed by atoms with E-state index in [-0.39, 0.29) is 16.9 Å². The van der Waals surface area contributed by atoms with Gasteiger partial charge in [-0.1, -0.05) is 6.05 Å². The number of aryl methyl sites for hydroxylation is 1. The van der Waals surface area contributed by atoms with Gasteiger partial charge in [0.25, 0.3) is 0 Å². The summed E-state index contributed by atoms with van der Waals surface area (Å²) in [6.45, 7) is -2.36. The second kappa shape index (κ2) is 10.7. The summed E-state index contributed by atoms with van der Waals surface area (Å²) in [5, 5.41) is 13.2. The van der Waals surface area contributed by atoms with E-state index in [0.29, 0.717) is 27.8 Å². The Morgan fingerprint density at radius 3 is 2.97 bits per heavy atom. The van der Waals surface area contributed by atoms with Crippen molar-refractivity contribution in [1.29, 1.82) is 5.26 Å². The number of hydrogen-bond acceptors (Lipinski definition) is 6. The van der Waals surface area contributed by atoms with Crippen LogP contribution in [0, 0.1) is 24.1 Å². The van der Waals surface area contributed by atoms with Crippen LogP contribution >= 0.6 is 0 Å². The summed E-state index contributed by atoms with van der Waals surface area (Å²) in [5.41, 5.74) is 1.77. The number of nitriles is 1. The number of halogens is 1. The third-order valence-corrected chi connectivity index (χ3v) is 4.71. The molecule has 6 nitrogen and oxygen atoms in total. The highest BCUT2D eigenvalue weighted by molar-refractivity contribution is 5.98. The minimum Gasteiger partial charge on any atom is -0.494 e. The Bertz CT molecular complexity index is 1530. The third kappa shape index (κ3) is 5.93. The normalized spacial score (nSPS) is 15.7. The van der Waals surface area contributed by atoms with E-state index >= 15 is 0 Å². The quantitative estimate of drug-likeness (QED) is 0.463. The smallest absolute Gasteiger partial charge is 0.159 e. The van der Waals surface area contributed by atoms with Gasteiger partial charge >= 0.3 is 0 Å². The maximum atomic E-state index is 13.8. The molecule has 1 heterocycles. The maximum absolute atomic E-state index is 13.8. The molecule has 1 N–H and O–H groups in total. The number of nitrogens with zero attached hydrogens (tertiary/aromatic N) is 3. The van der Waals surface area contributed by atoms with Gasteiger partial charge in [0.05, 0.1) is 28.8 Å². The van der Waals surface area contributed by atoms with Crippen molar-refractivity contribution < 1.29 is 23.5 Å². The van der Waals surface area contributed by atoms with Crippen LogP contribution in [0.2, 0.25) is 0 Å². The predicted octanol–water partition coefficient (Wildman–Crippen LogP) is 4.93. The first-order valence-corrected chi connectivity index (χ1v) is 9.99. The largest absolute Gasteiger partial charge is 0.494 e. The highest BCUT2D eigenvalue weighted by Crippen LogP contribution is 2.34. The number of ether oxygens (including phenoxy) is 1. The fourth-order valence-corrected chi connectivity index (χ4v) is 3.17. The first-order chi connectivity index (χ1) is 18.5. The van der Waals surface area contributed by atoms with Gasteiger partial charge in [-0.3, -0.25) is 9.78 Å². The van der Waals surface area contributed by atoms with E-state index in [2.05, 4.69) is 10.3 Å². The molecule has 0 radical (unpaired) electrons. The fourth-order valence-electron chi connectivity index (χ4n) is 3.17.